The molecule has 1 aromatic carbocycles. The van der Waals surface area contributed by atoms with E-state index in [2.05, 4.69) is 10.3 Å². The van der Waals surface area contributed by atoms with E-state index in [0.29, 0.717) is 37.5 Å². The fourth-order valence-corrected chi connectivity index (χ4v) is 3.14. The van der Waals surface area contributed by atoms with Gasteiger partial charge in [-0.2, -0.15) is 0 Å². The summed E-state index contributed by atoms with van der Waals surface area (Å²) in [5.41, 5.74) is 2.85. The Balaban J connectivity index is 1.46. The Morgan fingerprint density at radius 3 is 1.67 bits per heavy atom. The third-order valence-electron chi connectivity index (χ3n) is 4.71. The number of hydrogen-bond acceptors (Lipinski definition) is 10. The topological polar surface area (TPSA) is 114 Å². The van der Waals surface area contributed by atoms with Crippen LogP contribution in [0.15, 0.2) is 34.6 Å². The summed E-state index contributed by atoms with van der Waals surface area (Å²) in [6, 6.07) is 7.45. The van der Waals surface area contributed by atoms with Crippen molar-refractivity contribution in [1.82, 2.24) is 0 Å². The predicted octanol–water partition coefficient (Wildman–Crippen LogP) is 0.806. The van der Waals surface area contributed by atoms with E-state index in [9.17, 15) is 9.59 Å². The van der Waals surface area contributed by atoms with Crippen molar-refractivity contribution in [1.29, 1.82) is 0 Å². The molecule has 0 radical (unpaired) electrons. The number of benzene rings is 1. The summed E-state index contributed by atoms with van der Waals surface area (Å²) < 4.78 is 21.0. The average Bonchev–Trinajstić information content (AvgIpc) is 3.44. The van der Waals surface area contributed by atoms with Crippen molar-refractivity contribution in [3.63, 3.8) is 0 Å². The molecule has 4 rings (SSSR count). The molecular formula is C20H22N2O8. The molecule has 3 aliphatic rings. The zero-order chi connectivity index (χ0) is 20.8. The monoisotopic (exact) mass is 418 g/mol. The molecule has 10 heteroatoms. The van der Waals surface area contributed by atoms with Crippen LogP contribution in [0, 0.1) is 0 Å². The van der Waals surface area contributed by atoms with Crippen LogP contribution in [0.25, 0.3) is 0 Å². The van der Waals surface area contributed by atoms with Gasteiger partial charge >= 0.3 is 11.9 Å². The molecule has 30 heavy (non-hydrogen) atoms. The van der Waals surface area contributed by atoms with Gasteiger partial charge < -0.3 is 28.6 Å². The predicted molar refractivity (Wildman–Crippen MR) is 102 cm³/mol. The van der Waals surface area contributed by atoms with Gasteiger partial charge in [0.1, 0.15) is 13.2 Å². The quantitative estimate of drug-likeness (QED) is 0.569. The Bertz CT molecular complexity index is 788. The highest BCUT2D eigenvalue weighted by Gasteiger charge is 2.32. The van der Waals surface area contributed by atoms with E-state index in [4.69, 9.17) is 28.6 Å². The molecule has 0 spiro atoms. The lowest BCUT2D eigenvalue weighted by molar-refractivity contribution is -0.158. The number of rotatable bonds is 0. The Morgan fingerprint density at radius 2 is 1.17 bits per heavy atom. The fraction of sp³-hybridized carbons (Fsp3) is 0.500. The number of fused-ring (bicyclic) bond motifs is 8. The Morgan fingerprint density at radius 1 is 0.700 bits per heavy atom. The van der Waals surface area contributed by atoms with Gasteiger partial charge in [-0.15, -0.1) is 0 Å². The first-order chi connectivity index (χ1) is 14.7. The third kappa shape index (κ3) is 4.95. The number of carbonyl (C=O) groups excluding carboxylic acids is 2. The summed E-state index contributed by atoms with van der Waals surface area (Å²) >= 11 is 0. The molecule has 0 N–H and O–H groups in total. The number of cyclic esters (lactones) is 2. The molecule has 160 valence electrons. The van der Waals surface area contributed by atoms with E-state index in [1.165, 1.54) is 0 Å². The Hall–Kier alpha value is -2.98. The second-order valence-electron chi connectivity index (χ2n) is 6.81. The lowest BCUT2D eigenvalue weighted by atomic mass is 9.99. The second kappa shape index (κ2) is 9.68. The van der Waals surface area contributed by atoms with Gasteiger partial charge in [-0.25, -0.2) is 9.59 Å². The Kier molecular flexibility index (Phi) is 6.55. The first-order valence-electron chi connectivity index (χ1n) is 9.75. The molecule has 0 saturated carbocycles. The summed E-state index contributed by atoms with van der Waals surface area (Å²) in [5.74, 6) is -0.967. The molecule has 0 amide bonds. The van der Waals surface area contributed by atoms with E-state index in [1.807, 2.05) is 24.3 Å². The van der Waals surface area contributed by atoms with Gasteiger partial charge in [0.2, 0.25) is 12.2 Å². The first kappa shape index (κ1) is 20.3. The van der Waals surface area contributed by atoms with Crippen molar-refractivity contribution in [3.05, 3.63) is 35.4 Å². The molecule has 3 aliphatic heterocycles. The van der Waals surface area contributed by atoms with Crippen LogP contribution < -0.4 is 0 Å². The Labute approximate surface area is 172 Å². The molecule has 0 unspecified atom stereocenters. The maximum atomic E-state index is 12.2. The number of ether oxygens (including phenoxy) is 4. The maximum Gasteiger partial charge on any atom is 0.350 e. The first-order valence-corrected chi connectivity index (χ1v) is 9.75. The van der Waals surface area contributed by atoms with Gasteiger partial charge in [0.05, 0.1) is 37.9 Å². The number of esters is 2. The zero-order valence-electron chi connectivity index (χ0n) is 16.3. The number of carbonyl (C=O) groups is 2. The van der Waals surface area contributed by atoms with Crippen LogP contribution in [0.5, 0.6) is 0 Å². The molecule has 6 bridgehead atoms. The molecule has 10 nitrogen and oxygen atoms in total. The van der Waals surface area contributed by atoms with Crippen LogP contribution >= 0.6 is 0 Å². The lowest BCUT2D eigenvalue weighted by Gasteiger charge is -2.10. The summed E-state index contributed by atoms with van der Waals surface area (Å²) in [5, 5.41) is 8.06. The standard InChI is InChI=1S/C20H22N2O8/c23-19-17-11-15(21-29-17)13-2-1-3-14(10-13)16-12-18(30-22-16)20(24)28-9-7-26-5-4-25-6-8-27-19/h1-3,10,17-18H,4-9,11-12H2/t17-,18-/m1/s1. The van der Waals surface area contributed by atoms with E-state index >= 15 is 0 Å². The van der Waals surface area contributed by atoms with E-state index < -0.39 is 24.1 Å². The minimum Gasteiger partial charge on any atom is -0.460 e. The van der Waals surface area contributed by atoms with Gasteiger partial charge in [0.15, 0.2) is 0 Å². The summed E-state index contributed by atoms with van der Waals surface area (Å²) in [4.78, 5) is 34.8. The van der Waals surface area contributed by atoms with Crippen LogP contribution in [0.2, 0.25) is 0 Å². The third-order valence-corrected chi connectivity index (χ3v) is 4.71. The fourth-order valence-electron chi connectivity index (χ4n) is 3.14. The van der Waals surface area contributed by atoms with E-state index in [0.717, 1.165) is 11.1 Å². The van der Waals surface area contributed by atoms with Gasteiger partial charge in [-0.05, 0) is 6.07 Å². The van der Waals surface area contributed by atoms with Crippen LogP contribution in [-0.4, -0.2) is 75.2 Å². The average molecular weight is 418 g/mol. The molecule has 0 saturated heterocycles. The van der Waals surface area contributed by atoms with Crippen molar-refractivity contribution in [3.8, 4) is 0 Å². The number of oxime groups is 2. The number of nitrogens with zero attached hydrogens (tertiary/aromatic N) is 2. The van der Waals surface area contributed by atoms with Crippen LogP contribution in [0.3, 0.4) is 0 Å². The van der Waals surface area contributed by atoms with Crippen LogP contribution in [0.4, 0.5) is 0 Å². The van der Waals surface area contributed by atoms with Crippen molar-refractivity contribution in [2.24, 2.45) is 10.3 Å². The largest absolute Gasteiger partial charge is 0.460 e. The molecule has 0 aliphatic carbocycles. The summed E-state index contributed by atoms with van der Waals surface area (Å²) in [6.45, 7) is 1.38. The van der Waals surface area contributed by atoms with Gasteiger partial charge in [-0.3, -0.25) is 0 Å². The van der Waals surface area contributed by atoms with Crippen molar-refractivity contribution in [2.45, 2.75) is 25.0 Å². The molecule has 2 atom stereocenters. The van der Waals surface area contributed by atoms with Crippen molar-refractivity contribution < 1.29 is 38.2 Å². The summed E-state index contributed by atoms with van der Waals surface area (Å²) in [7, 11) is 0. The highest BCUT2D eigenvalue weighted by molar-refractivity contribution is 6.08. The molecule has 0 aromatic heterocycles. The van der Waals surface area contributed by atoms with Crippen molar-refractivity contribution >= 4 is 23.4 Å². The molecule has 0 fully saturated rings. The SMILES string of the molecule is O=C1OCCOCCOCCOC(=O)[C@H]2CC(=NO2)c2cccc(c2)C2=NO[C@@H]1C2. The lowest BCUT2D eigenvalue weighted by Crippen LogP contribution is -2.25. The van der Waals surface area contributed by atoms with E-state index in [1.54, 1.807) is 0 Å². The zero-order valence-corrected chi connectivity index (χ0v) is 16.3. The highest BCUT2D eigenvalue weighted by atomic mass is 16.7. The van der Waals surface area contributed by atoms with Gasteiger partial charge in [0.25, 0.3) is 0 Å². The van der Waals surface area contributed by atoms with Crippen molar-refractivity contribution in [2.75, 3.05) is 39.6 Å². The van der Waals surface area contributed by atoms with Crippen LogP contribution in [0.1, 0.15) is 24.0 Å². The number of hydrogen-bond donors (Lipinski definition) is 0. The smallest absolute Gasteiger partial charge is 0.350 e. The minimum atomic E-state index is -0.785. The minimum absolute atomic E-state index is 0.113. The highest BCUT2D eigenvalue weighted by Crippen LogP contribution is 2.22. The molecule has 3 heterocycles. The maximum absolute atomic E-state index is 12.2. The molecular weight excluding hydrogens is 396 g/mol. The summed E-state index contributed by atoms with van der Waals surface area (Å²) in [6.07, 6.45) is -0.969. The van der Waals surface area contributed by atoms with Gasteiger partial charge in [-0.1, -0.05) is 28.5 Å². The van der Waals surface area contributed by atoms with E-state index in [-0.39, 0.29) is 26.4 Å². The second-order valence-corrected chi connectivity index (χ2v) is 6.81. The normalized spacial score (nSPS) is 25.6. The van der Waals surface area contributed by atoms with Gasteiger partial charge in [0, 0.05) is 24.0 Å². The van der Waals surface area contributed by atoms with Crippen LogP contribution in [-0.2, 0) is 38.2 Å². The molecule has 1 aromatic rings.